The first-order valence-electron chi connectivity index (χ1n) is 7.69. The van der Waals surface area contributed by atoms with Gasteiger partial charge in [0.2, 0.25) is 0 Å². The number of carbonyl (C=O) groups is 1. The summed E-state index contributed by atoms with van der Waals surface area (Å²) in [6.45, 7) is 2.58. The number of hydrogen-bond donors (Lipinski definition) is 0. The molecule has 4 rings (SSSR count). The van der Waals surface area contributed by atoms with E-state index in [1.54, 1.807) is 12.4 Å². The highest BCUT2D eigenvalue weighted by Crippen LogP contribution is 2.32. The lowest BCUT2D eigenvalue weighted by molar-refractivity contribution is -0.181. The maximum Gasteiger partial charge on any atom is 0.273 e. The average molecular weight is 331 g/mol. The Labute approximate surface area is 138 Å². The summed E-state index contributed by atoms with van der Waals surface area (Å²) in [5.41, 5.74) is 1.49. The minimum absolute atomic E-state index is 0.0191. The molecule has 2 aliphatic rings. The second kappa shape index (κ2) is 5.99. The van der Waals surface area contributed by atoms with Crippen LogP contribution in [0.3, 0.4) is 0 Å². The van der Waals surface area contributed by atoms with Crippen molar-refractivity contribution in [2.45, 2.75) is 18.6 Å². The number of amides is 1. The van der Waals surface area contributed by atoms with E-state index in [-0.39, 0.29) is 5.91 Å². The lowest BCUT2D eigenvalue weighted by atomic mass is 10.0. The summed E-state index contributed by atoms with van der Waals surface area (Å²) in [7, 11) is 0. The fourth-order valence-electron chi connectivity index (χ4n) is 3.00. The van der Waals surface area contributed by atoms with Crippen LogP contribution in [-0.2, 0) is 9.47 Å². The molecule has 0 unspecified atom stereocenters. The highest BCUT2D eigenvalue weighted by atomic mass is 32.1. The lowest BCUT2D eigenvalue weighted by Gasteiger charge is -2.37. The van der Waals surface area contributed by atoms with Gasteiger partial charge in [0.25, 0.3) is 5.91 Å². The van der Waals surface area contributed by atoms with Crippen molar-refractivity contribution in [2.24, 2.45) is 0 Å². The van der Waals surface area contributed by atoms with E-state index in [0.29, 0.717) is 32.0 Å². The van der Waals surface area contributed by atoms with Gasteiger partial charge >= 0.3 is 0 Å². The average Bonchev–Trinajstić information content (AvgIpc) is 3.26. The zero-order valence-electron chi connectivity index (χ0n) is 12.6. The van der Waals surface area contributed by atoms with Crippen LogP contribution in [0.4, 0.5) is 0 Å². The van der Waals surface area contributed by atoms with Crippen molar-refractivity contribution in [1.29, 1.82) is 0 Å². The van der Waals surface area contributed by atoms with Gasteiger partial charge in [0.1, 0.15) is 10.7 Å². The minimum Gasteiger partial charge on any atom is -0.347 e. The lowest BCUT2D eigenvalue weighted by Crippen LogP contribution is -2.47. The Hall–Kier alpha value is -1.83. The molecule has 1 amide bonds. The zero-order valence-corrected chi connectivity index (χ0v) is 13.4. The number of nitrogens with zero attached hydrogens (tertiary/aromatic N) is 3. The zero-order chi connectivity index (χ0) is 15.7. The number of carbonyl (C=O) groups excluding carboxylic acids is 1. The Bertz CT molecular complexity index is 688. The van der Waals surface area contributed by atoms with Gasteiger partial charge < -0.3 is 14.4 Å². The molecule has 4 heterocycles. The molecule has 2 aromatic heterocycles. The molecular weight excluding hydrogens is 314 g/mol. The van der Waals surface area contributed by atoms with Gasteiger partial charge in [0.15, 0.2) is 5.79 Å². The van der Waals surface area contributed by atoms with Crippen LogP contribution in [0.1, 0.15) is 23.3 Å². The fourth-order valence-corrected chi connectivity index (χ4v) is 3.80. The Morgan fingerprint density at radius 3 is 2.57 bits per heavy atom. The van der Waals surface area contributed by atoms with Gasteiger partial charge in [-0.2, -0.15) is 0 Å². The topological polar surface area (TPSA) is 64.6 Å². The largest absolute Gasteiger partial charge is 0.347 e. The molecule has 0 N–H and O–H groups in total. The standard InChI is InChI=1S/C16H17N3O3S/c20-15(19-7-3-16(4-8-19)21-9-10-22-16)13-11-23-14(18-13)12-1-5-17-6-2-12/h1-2,5-6,11H,3-4,7-10H2. The van der Waals surface area contributed by atoms with Gasteiger partial charge in [-0.1, -0.05) is 0 Å². The Morgan fingerprint density at radius 2 is 1.87 bits per heavy atom. The van der Waals surface area contributed by atoms with E-state index in [1.807, 2.05) is 22.4 Å². The molecule has 0 saturated carbocycles. The summed E-state index contributed by atoms with van der Waals surface area (Å²) in [5.74, 6) is -0.476. The monoisotopic (exact) mass is 331 g/mol. The van der Waals surface area contributed by atoms with E-state index in [1.165, 1.54) is 11.3 Å². The summed E-state index contributed by atoms with van der Waals surface area (Å²) in [6, 6.07) is 3.79. The molecule has 0 radical (unpaired) electrons. The van der Waals surface area contributed by atoms with Crippen LogP contribution in [0.2, 0.25) is 0 Å². The molecule has 2 aromatic rings. The highest BCUT2D eigenvalue weighted by Gasteiger charge is 2.41. The quantitative estimate of drug-likeness (QED) is 0.844. The Kier molecular flexibility index (Phi) is 3.84. The van der Waals surface area contributed by atoms with Crippen LogP contribution in [-0.4, -0.2) is 52.9 Å². The first-order valence-corrected chi connectivity index (χ1v) is 8.57. The molecule has 0 aromatic carbocycles. The second-order valence-electron chi connectivity index (χ2n) is 5.67. The molecular formula is C16H17N3O3S. The first-order chi connectivity index (χ1) is 11.3. The Balaban J connectivity index is 1.45. The minimum atomic E-state index is -0.457. The Morgan fingerprint density at radius 1 is 1.17 bits per heavy atom. The van der Waals surface area contributed by atoms with Crippen LogP contribution in [0.15, 0.2) is 29.9 Å². The highest BCUT2D eigenvalue weighted by molar-refractivity contribution is 7.13. The number of rotatable bonds is 2. The van der Waals surface area contributed by atoms with Gasteiger partial charge in [-0.3, -0.25) is 9.78 Å². The maximum absolute atomic E-state index is 12.6. The second-order valence-corrected chi connectivity index (χ2v) is 6.53. The molecule has 7 heteroatoms. The van der Waals surface area contributed by atoms with E-state index in [4.69, 9.17) is 9.47 Å². The van der Waals surface area contributed by atoms with Crippen molar-refractivity contribution in [3.05, 3.63) is 35.6 Å². The summed E-state index contributed by atoms with van der Waals surface area (Å²) in [5, 5.41) is 2.66. The molecule has 0 atom stereocenters. The van der Waals surface area contributed by atoms with Crippen molar-refractivity contribution in [2.75, 3.05) is 26.3 Å². The number of pyridine rings is 1. The number of ether oxygens (including phenoxy) is 2. The number of aromatic nitrogens is 2. The number of thiazole rings is 1. The van der Waals surface area contributed by atoms with Gasteiger partial charge in [0.05, 0.1) is 13.2 Å². The molecule has 23 heavy (non-hydrogen) atoms. The van der Waals surface area contributed by atoms with Crippen LogP contribution < -0.4 is 0 Å². The predicted molar refractivity (Wildman–Crippen MR) is 85.1 cm³/mol. The van der Waals surface area contributed by atoms with Crippen LogP contribution >= 0.6 is 11.3 Å². The summed E-state index contributed by atoms with van der Waals surface area (Å²) in [4.78, 5) is 22.9. The summed E-state index contributed by atoms with van der Waals surface area (Å²) in [6.07, 6.45) is 4.90. The van der Waals surface area contributed by atoms with Crippen molar-refractivity contribution in [3.63, 3.8) is 0 Å². The fraction of sp³-hybridized carbons (Fsp3) is 0.438. The molecule has 120 valence electrons. The molecule has 6 nitrogen and oxygen atoms in total. The normalized spacial score (nSPS) is 20.1. The molecule has 2 fully saturated rings. The van der Waals surface area contributed by atoms with Crippen LogP contribution in [0, 0.1) is 0 Å². The van der Waals surface area contributed by atoms with E-state index >= 15 is 0 Å². The van der Waals surface area contributed by atoms with Crippen LogP contribution in [0.25, 0.3) is 10.6 Å². The van der Waals surface area contributed by atoms with Crippen molar-refractivity contribution >= 4 is 17.2 Å². The molecule has 0 aliphatic carbocycles. The third-order valence-corrected chi connectivity index (χ3v) is 5.17. The number of likely N-dealkylation sites (tertiary alicyclic amines) is 1. The van der Waals surface area contributed by atoms with E-state index in [9.17, 15) is 4.79 Å². The third kappa shape index (κ3) is 2.87. The summed E-state index contributed by atoms with van der Waals surface area (Å²) < 4.78 is 11.4. The number of hydrogen-bond acceptors (Lipinski definition) is 6. The van der Waals surface area contributed by atoms with E-state index in [0.717, 1.165) is 23.4 Å². The molecule has 2 saturated heterocycles. The van der Waals surface area contributed by atoms with Gasteiger partial charge in [0, 0.05) is 49.3 Å². The van der Waals surface area contributed by atoms with Gasteiger partial charge in [-0.05, 0) is 12.1 Å². The molecule has 1 spiro atoms. The first kappa shape index (κ1) is 14.7. The summed E-state index contributed by atoms with van der Waals surface area (Å²) >= 11 is 1.48. The van der Waals surface area contributed by atoms with Crippen molar-refractivity contribution < 1.29 is 14.3 Å². The third-order valence-electron chi connectivity index (χ3n) is 4.28. The van der Waals surface area contributed by atoms with Crippen molar-refractivity contribution in [3.8, 4) is 10.6 Å². The van der Waals surface area contributed by atoms with Gasteiger partial charge in [-0.25, -0.2) is 4.98 Å². The van der Waals surface area contributed by atoms with E-state index < -0.39 is 5.79 Å². The van der Waals surface area contributed by atoms with Crippen molar-refractivity contribution in [1.82, 2.24) is 14.9 Å². The number of piperidine rings is 1. The van der Waals surface area contributed by atoms with Crippen LogP contribution in [0.5, 0.6) is 0 Å². The molecule has 0 bridgehead atoms. The van der Waals surface area contributed by atoms with E-state index in [2.05, 4.69) is 9.97 Å². The SMILES string of the molecule is O=C(c1csc(-c2ccncc2)n1)N1CCC2(CC1)OCCO2. The smallest absolute Gasteiger partial charge is 0.273 e. The maximum atomic E-state index is 12.6. The van der Waals surface area contributed by atoms with Gasteiger partial charge in [-0.15, -0.1) is 11.3 Å². The molecule has 2 aliphatic heterocycles. The predicted octanol–water partition coefficient (Wildman–Crippen LogP) is 2.18.